The lowest BCUT2D eigenvalue weighted by Gasteiger charge is -2.41. The predicted molar refractivity (Wildman–Crippen MR) is 199 cm³/mol. The number of benzene rings is 2. The Labute approximate surface area is 317 Å². The molecule has 1 saturated carbocycles. The van der Waals surface area contributed by atoms with Crippen molar-refractivity contribution in [1.82, 2.24) is 18.8 Å². The Hall–Kier alpha value is -4.19. The number of alkyl halides is 3. The molecule has 5 aliphatic rings. The van der Waals surface area contributed by atoms with Crippen LogP contribution in [-0.4, -0.2) is 114 Å². The molecule has 3 saturated heterocycles. The maximum atomic E-state index is 14.9. The van der Waals surface area contributed by atoms with Gasteiger partial charge in [-0.25, -0.2) is 9.52 Å². The minimum absolute atomic E-state index is 0.128. The second kappa shape index (κ2) is 14.1. The van der Waals surface area contributed by atoms with Crippen LogP contribution >= 0.6 is 0 Å². The van der Waals surface area contributed by atoms with Crippen molar-refractivity contribution in [2.24, 2.45) is 11.8 Å². The average Bonchev–Trinajstić information content (AvgIpc) is 3.48. The number of nitrogens with zero attached hydrogens (tertiary/aromatic N) is 5. The Kier molecular flexibility index (Phi) is 9.66. The predicted octanol–water partition coefficient (Wildman–Crippen LogP) is 3.61. The van der Waals surface area contributed by atoms with Gasteiger partial charge in [0.05, 0.1) is 41.6 Å². The number of nitrogens with one attached hydrogen (secondary N) is 1. The van der Waals surface area contributed by atoms with E-state index in [2.05, 4.69) is 16.8 Å². The highest BCUT2D eigenvalue weighted by molar-refractivity contribution is 7.87. The zero-order valence-electron chi connectivity index (χ0n) is 31.1. The average molecular weight is 787 g/mol. The van der Waals surface area contributed by atoms with Gasteiger partial charge in [-0.2, -0.15) is 25.9 Å². The second-order valence-electron chi connectivity index (χ2n) is 15.6. The molecule has 0 spiro atoms. The Morgan fingerprint density at radius 1 is 0.964 bits per heavy atom. The van der Waals surface area contributed by atoms with Crippen LogP contribution in [0.5, 0.6) is 0 Å². The molecule has 13 nitrogen and oxygen atoms in total. The second-order valence-corrected chi connectivity index (χ2v) is 17.2. The number of rotatable bonds is 8. The van der Waals surface area contributed by atoms with Gasteiger partial charge in [0, 0.05) is 81.7 Å². The van der Waals surface area contributed by atoms with E-state index < -0.39 is 45.0 Å². The third kappa shape index (κ3) is 6.97. The molecule has 3 atom stereocenters. The van der Waals surface area contributed by atoms with E-state index in [9.17, 15) is 36.0 Å². The minimum Gasteiger partial charge on any atom is -0.422 e. The number of aryl methyl sites for hydroxylation is 1. The number of halogens is 3. The molecule has 5 heterocycles. The molecule has 17 heteroatoms. The van der Waals surface area contributed by atoms with Gasteiger partial charge < -0.3 is 23.9 Å². The van der Waals surface area contributed by atoms with E-state index in [-0.39, 0.29) is 67.3 Å². The molecule has 55 heavy (non-hydrogen) atoms. The molecule has 4 fully saturated rings. The highest BCUT2D eigenvalue weighted by atomic mass is 32.2. The number of piperidine rings is 1. The van der Waals surface area contributed by atoms with Crippen LogP contribution in [0.1, 0.15) is 62.2 Å². The number of likely N-dealkylation sites (N-methyl/N-ethyl adjacent to an activating group) is 1. The molecule has 0 radical (unpaired) electrons. The Bertz CT molecular complexity index is 2210. The van der Waals surface area contributed by atoms with E-state index in [0.717, 1.165) is 52.6 Å². The van der Waals surface area contributed by atoms with Crippen molar-refractivity contribution in [3.8, 4) is 0 Å². The van der Waals surface area contributed by atoms with Crippen LogP contribution in [0.15, 0.2) is 33.5 Å². The standard InChI is InChI=1S/C38H45F3N6O7S/c1-22-31(44-13-12-43(2)26(19-44)21-53-3)7-6-28-27-8-11-45(20-29(27)37(50)54-34(22)28)36(49)23-15-30(38(39,40)41)33(32(16-23)46-17-24-14-25(24)18-46)35(48)42-55(51,52)47-9-4-5-10-47/h6-7,15-16,24-26H,4-5,8-14,17-21H2,1-3H3,(H,42,48)/t24?,25?,26-/m1/s1. The fraction of sp³-hybridized carbons (Fsp3) is 0.553. The summed E-state index contributed by atoms with van der Waals surface area (Å²) >= 11 is 0. The highest BCUT2D eigenvalue weighted by Gasteiger charge is 2.48. The number of hydrogen-bond acceptors (Lipinski definition) is 10. The number of hydrogen-bond donors (Lipinski definition) is 1. The molecule has 3 aromatic rings. The summed E-state index contributed by atoms with van der Waals surface area (Å²) in [6, 6.07) is 6.02. The summed E-state index contributed by atoms with van der Waals surface area (Å²) in [6.45, 7) is 5.90. The van der Waals surface area contributed by atoms with Crippen molar-refractivity contribution >= 4 is 44.4 Å². The Morgan fingerprint density at radius 3 is 2.38 bits per heavy atom. The number of amides is 2. The highest BCUT2D eigenvalue weighted by Crippen LogP contribution is 2.48. The lowest BCUT2D eigenvalue weighted by Crippen LogP contribution is -2.53. The SMILES string of the molecule is COC[C@H]1CN(c2ccc3c4c(c(=O)oc3c2C)CN(C(=O)c2cc(N3CC5CC5C3)c(C(=O)NS(=O)(=O)N3CCCC3)c(C(F)(F)F)c2)CC4)CCN1C. The van der Waals surface area contributed by atoms with Crippen molar-refractivity contribution in [3.63, 3.8) is 0 Å². The van der Waals surface area contributed by atoms with Crippen LogP contribution in [0, 0.1) is 18.8 Å². The van der Waals surface area contributed by atoms with Crippen molar-refractivity contribution in [1.29, 1.82) is 0 Å². The number of fused-ring (bicyclic) bond motifs is 4. The molecule has 1 aromatic heterocycles. The van der Waals surface area contributed by atoms with Gasteiger partial charge in [-0.1, -0.05) is 0 Å². The van der Waals surface area contributed by atoms with Crippen LogP contribution in [0.3, 0.4) is 0 Å². The van der Waals surface area contributed by atoms with E-state index in [0.29, 0.717) is 44.2 Å². The topological polar surface area (TPSA) is 136 Å². The molecule has 2 unspecified atom stereocenters. The quantitative estimate of drug-likeness (QED) is 0.338. The van der Waals surface area contributed by atoms with Gasteiger partial charge >= 0.3 is 22.0 Å². The smallest absolute Gasteiger partial charge is 0.417 e. The number of methoxy groups -OCH3 is 1. The number of carbonyl (C=O) groups excluding carboxylic acids is 2. The van der Waals surface area contributed by atoms with Gasteiger partial charge in [0.15, 0.2) is 0 Å². The summed E-state index contributed by atoms with van der Waals surface area (Å²) in [5, 5.41) is 0.749. The fourth-order valence-corrected chi connectivity index (χ4v) is 10.1. The Balaban J connectivity index is 1.11. The van der Waals surface area contributed by atoms with Gasteiger partial charge in [-0.05, 0) is 81.3 Å². The summed E-state index contributed by atoms with van der Waals surface area (Å²) in [4.78, 5) is 48.8. The van der Waals surface area contributed by atoms with E-state index in [1.165, 1.54) is 11.0 Å². The summed E-state index contributed by atoms with van der Waals surface area (Å²) in [6.07, 6.45) is -2.75. The zero-order chi connectivity index (χ0) is 39.0. The van der Waals surface area contributed by atoms with Crippen LogP contribution in [0.4, 0.5) is 24.5 Å². The monoisotopic (exact) mass is 786 g/mol. The van der Waals surface area contributed by atoms with Gasteiger partial charge in [-0.3, -0.25) is 14.5 Å². The normalized spacial score (nSPS) is 23.3. The molecule has 296 valence electrons. The summed E-state index contributed by atoms with van der Waals surface area (Å²) in [5.41, 5.74) is -0.0521. The first kappa shape index (κ1) is 37.7. The number of ether oxygens (including phenoxy) is 1. The molecule has 1 aliphatic carbocycles. The van der Waals surface area contributed by atoms with Crippen LogP contribution < -0.4 is 20.1 Å². The fourth-order valence-electron chi connectivity index (χ4n) is 8.91. The summed E-state index contributed by atoms with van der Waals surface area (Å²) in [7, 11) is -0.652. The van der Waals surface area contributed by atoms with Crippen molar-refractivity contribution < 1.29 is 40.3 Å². The lowest BCUT2D eigenvalue weighted by atomic mass is 9.94. The first-order valence-corrected chi connectivity index (χ1v) is 20.2. The molecular weight excluding hydrogens is 742 g/mol. The zero-order valence-corrected chi connectivity index (χ0v) is 31.9. The lowest BCUT2D eigenvalue weighted by molar-refractivity contribution is -0.137. The van der Waals surface area contributed by atoms with E-state index in [4.69, 9.17) is 9.15 Å². The Morgan fingerprint density at radius 2 is 1.69 bits per heavy atom. The van der Waals surface area contributed by atoms with Crippen molar-refractivity contribution in [3.05, 3.63) is 68.1 Å². The van der Waals surface area contributed by atoms with Gasteiger partial charge in [0.1, 0.15) is 5.58 Å². The largest absolute Gasteiger partial charge is 0.422 e. The molecule has 8 rings (SSSR count). The van der Waals surface area contributed by atoms with Gasteiger partial charge in [0.25, 0.3) is 11.8 Å². The van der Waals surface area contributed by atoms with Gasteiger partial charge in [0.2, 0.25) is 0 Å². The third-order valence-corrected chi connectivity index (χ3v) is 13.6. The van der Waals surface area contributed by atoms with Crippen LogP contribution in [0.2, 0.25) is 0 Å². The maximum absolute atomic E-state index is 14.9. The molecule has 2 aromatic carbocycles. The van der Waals surface area contributed by atoms with Crippen LogP contribution in [0.25, 0.3) is 11.0 Å². The van der Waals surface area contributed by atoms with Crippen LogP contribution in [-0.2, 0) is 34.1 Å². The molecule has 4 aliphatic heterocycles. The van der Waals surface area contributed by atoms with E-state index in [1.807, 2.05) is 23.8 Å². The first-order valence-electron chi connectivity index (χ1n) is 18.8. The summed E-state index contributed by atoms with van der Waals surface area (Å²) in [5.74, 6) is -1.64. The molecule has 1 N–H and O–H groups in total. The third-order valence-electron chi connectivity index (χ3n) is 12.1. The minimum atomic E-state index is -5.10. The van der Waals surface area contributed by atoms with E-state index >= 15 is 0 Å². The number of carbonyl (C=O) groups is 2. The van der Waals surface area contributed by atoms with E-state index in [1.54, 1.807) is 12.0 Å². The molecule has 0 bridgehead atoms. The molecular formula is C38H45F3N6O7S. The first-order chi connectivity index (χ1) is 26.1. The van der Waals surface area contributed by atoms with Gasteiger partial charge in [-0.15, -0.1) is 0 Å². The summed E-state index contributed by atoms with van der Waals surface area (Å²) < 4.78 is 84.9. The number of anilines is 2. The molecule has 2 amide bonds. The van der Waals surface area contributed by atoms with Crippen molar-refractivity contribution in [2.45, 2.75) is 51.4 Å². The van der Waals surface area contributed by atoms with Crippen molar-refractivity contribution in [2.75, 3.05) is 82.9 Å². The number of piperazine rings is 1. The maximum Gasteiger partial charge on any atom is 0.417 e.